The number of rotatable bonds is 8. The minimum absolute atomic E-state index is 0.0638. The number of hydrogen-bond donors (Lipinski definition) is 1. The van der Waals surface area contributed by atoms with Crippen LogP contribution in [-0.4, -0.2) is 58.9 Å². The molecule has 0 saturated carbocycles. The van der Waals surface area contributed by atoms with Gasteiger partial charge in [0.2, 0.25) is 5.43 Å². The van der Waals surface area contributed by atoms with Crippen molar-refractivity contribution in [1.29, 1.82) is 0 Å². The minimum atomic E-state index is -0.706. The van der Waals surface area contributed by atoms with Crippen molar-refractivity contribution in [3.63, 3.8) is 0 Å². The quantitative estimate of drug-likeness (QED) is 0.434. The van der Waals surface area contributed by atoms with Crippen LogP contribution in [0.4, 0.5) is 8.78 Å². The molecule has 0 saturated heterocycles. The first-order valence-electron chi connectivity index (χ1n) is 11.3. The van der Waals surface area contributed by atoms with Gasteiger partial charge in [0.1, 0.15) is 16.7 Å². The minimum Gasteiger partial charge on any atom is -0.503 e. The molecule has 0 unspecified atom stereocenters. The van der Waals surface area contributed by atoms with Crippen molar-refractivity contribution in [1.82, 2.24) is 9.47 Å². The number of thioether (sulfide) groups is 1. The molecule has 1 amide bonds. The summed E-state index contributed by atoms with van der Waals surface area (Å²) in [5, 5.41) is 11.0. The summed E-state index contributed by atoms with van der Waals surface area (Å²) in [5.74, 6) is -2.38. The van der Waals surface area contributed by atoms with E-state index >= 15 is 0 Å². The van der Waals surface area contributed by atoms with Crippen LogP contribution in [0.2, 0.25) is 0 Å². The fourth-order valence-corrected chi connectivity index (χ4v) is 5.18. The van der Waals surface area contributed by atoms with E-state index < -0.39 is 28.7 Å². The number of halogens is 2. The first kappa shape index (κ1) is 26.6. The Bertz CT molecular complexity index is 1230. The molecule has 0 radical (unpaired) electrons. The molecular weight excluding hydrogens is 476 g/mol. The number of aromatic nitrogens is 1. The Labute approximate surface area is 207 Å². The van der Waals surface area contributed by atoms with E-state index in [2.05, 4.69) is 4.99 Å². The third-order valence-corrected chi connectivity index (χ3v) is 6.91. The predicted octanol–water partition coefficient (Wildman–Crippen LogP) is 3.97. The summed E-state index contributed by atoms with van der Waals surface area (Å²) in [6.45, 7) is 4.79. The zero-order valence-electron chi connectivity index (χ0n) is 20.2. The van der Waals surface area contributed by atoms with Gasteiger partial charge in [0, 0.05) is 45.9 Å². The van der Waals surface area contributed by atoms with Gasteiger partial charge in [-0.3, -0.25) is 14.6 Å². The zero-order valence-corrected chi connectivity index (χ0v) is 21.0. The number of ether oxygens (including phenoxy) is 1. The van der Waals surface area contributed by atoms with E-state index in [-0.39, 0.29) is 23.7 Å². The van der Waals surface area contributed by atoms with Gasteiger partial charge in [-0.05, 0) is 29.9 Å². The molecule has 1 N–H and O–H groups in total. The molecule has 0 fully saturated rings. The Kier molecular flexibility index (Phi) is 8.85. The van der Waals surface area contributed by atoms with Gasteiger partial charge in [-0.1, -0.05) is 30.8 Å². The molecule has 0 aliphatic carbocycles. The monoisotopic (exact) mass is 505 g/mol. The number of carbonyl (C=O) groups excluding carboxylic acids is 1. The summed E-state index contributed by atoms with van der Waals surface area (Å²) in [5.41, 5.74) is -0.324. The molecule has 1 aromatic carbocycles. The first-order valence-corrected chi connectivity index (χ1v) is 12.1. The number of pyridine rings is 1. The van der Waals surface area contributed by atoms with Gasteiger partial charge >= 0.3 is 0 Å². The van der Waals surface area contributed by atoms with E-state index in [1.165, 1.54) is 37.1 Å². The SMILES string of the molecule is CC/C=C(\Cc1ccc(F)cc1F)SC(=NC)c1cn2c(c(O)c1=O)C(=O)N(CC)[C@H](COC)C2. The lowest BCUT2D eigenvalue weighted by atomic mass is 10.1. The Morgan fingerprint density at radius 3 is 2.66 bits per heavy atom. The molecule has 1 aromatic heterocycles. The Balaban J connectivity index is 1.99. The maximum Gasteiger partial charge on any atom is 0.274 e. The third kappa shape index (κ3) is 5.65. The number of methoxy groups -OCH3 is 1. The van der Waals surface area contributed by atoms with Crippen LogP contribution < -0.4 is 5.43 Å². The Morgan fingerprint density at radius 2 is 2.06 bits per heavy atom. The lowest BCUT2D eigenvalue weighted by Crippen LogP contribution is -2.51. The van der Waals surface area contributed by atoms with E-state index in [0.29, 0.717) is 41.6 Å². The number of likely N-dealkylation sites (N-methyl/N-ethyl adjacent to an activating group) is 1. The second-order valence-corrected chi connectivity index (χ2v) is 9.16. The number of carbonyl (C=O) groups is 1. The van der Waals surface area contributed by atoms with Crippen LogP contribution in [0.3, 0.4) is 0 Å². The predicted molar refractivity (Wildman–Crippen MR) is 133 cm³/mol. The smallest absolute Gasteiger partial charge is 0.274 e. The van der Waals surface area contributed by atoms with Gasteiger partial charge in [-0.25, -0.2) is 8.78 Å². The molecule has 1 atom stereocenters. The molecule has 1 aliphatic heterocycles. The first-order chi connectivity index (χ1) is 16.7. The molecule has 2 heterocycles. The normalized spacial score (nSPS) is 16.6. The second-order valence-electron chi connectivity index (χ2n) is 8.04. The highest BCUT2D eigenvalue weighted by Gasteiger charge is 2.35. The number of amides is 1. The highest BCUT2D eigenvalue weighted by atomic mass is 32.2. The average molecular weight is 506 g/mol. The van der Waals surface area contributed by atoms with Crippen LogP contribution >= 0.6 is 11.8 Å². The number of aliphatic imine (C=N–C) groups is 1. The van der Waals surface area contributed by atoms with E-state index in [1.54, 1.807) is 16.6 Å². The largest absolute Gasteiger partial charge is 0.503 e. The van der Waals surface area contributed by atoms with Crippen LogP contribution in [0, 0.1) is 11.6 Å². The van der Waals surface area contributed by atoms with Crippen molar-refractivity contribution >= 4 is 22.7 Å². The standard InChI is InChI=1S/C25H29F2N3O4S/c1-5-7-18(10-15-8-9-16(26)11-20(15)27)35-24(28-3)19-13-29-12-17(14-34-4)30(6-2)25(33)21(29)23(32)22(19)31/h7-9,11,13,17,32H,5-6,10,12,14H2,1-4H3/b18-7+,28-24?/t17-/m0/s1. The molecule has 2 aromatic rings. The van der Waals surface area contributed by atoms with Crippen molar-refractivity contribution in [2.24, 2.45) is 4.99 Å². The molecule has 10 heteroatoms. The lowest BCUT2D eigenvalue weighted by molar-refractivity contribution is 0.0422. The highest BCUT2D eigenvalue weighted by Crippen LogP contribution is 2.29. The highest BCUT2D eigenvalue weighted by molar-refractivity contribution is 8.17. The molecule has 0 spiro atoms. The van der Waals surface area contributed by atoms with Crippen molar-refractivity contribution < 1.29 is 23.4 Å². The number of fused-ring (bicyclic) bond motifs is 1. The topological polar surface area (TPSA) is 84.1 Å². The van der Waals surface area contributed by atoms with Crippen LogP contribution in [0.1, 0.15) is 41.9 Å². The molecule has 3 rings (SSSR count). The van der Waals surface area contributed by atoms with Crippen LogP contribution in [0.5, 0.6) is 5.75 Å². The molecular formula is C25H29F2N3O4S. The van der Waals surface area contributed by atoms with Gasteiger partial charge in [0.25, 0.3) is 5.91 Å². The second kappa shape index (κ2) is 11.6. The van der Waals surface area contributed by atoms with Crippen molar-refractivity contribution in [3.05, 3.63) is 74.1 Å². The van der Waals surface area contributed by atoms with Gasteiger partial charge < -0.3 is 19.3 Å². The van der Waals surface area contributed by atoms with E-state index in [0.717, 1.165) is 6.07 Å². The average Bonchev–Trinajstić information content (AvgIpc) is 2.82. The number of aromatic hydroxyl groups is 1. The van der Waals surface area contributed by atoms with E-state index in [4.69, 9.17) is 4.74 Å². The van der Waals surface area contributed by atoms with Crippen molar-refractivity contribution in [3.8, 4) is 5.75 Å². The zero-order chi connectivity index (χ0) is 25.7. The van der Waals surface area contributed by atoms with E-state index in [9.17, 15) is 23.5 Å². The summed E-state index contributed by atoms with van der Waals surface area (Å²) in [6.07, 6.45) is 4.24. The molecule has 1 aliphatic rings. The summed E-state index contributed by atoms with van der Waals surface area (Å²) >= 11 is 1.17. The maximum absolute atomic E-state index is 14.3. The van der Waals surface area contributed by atoms with Crippen molar-refractivity contribution in [2.45, 2.75) is 39.3 Å². The van der Waals surface area contributed by atoms with Crippen molar-refractivity contribution in [2.75, 3.05) is 27.3 Å². The number of hydrogen-bond acceptors (Lipinski definition) is 6. The van der Waals surface area contributed by atoms with Crippen LogP contribution in [0.15, 0.2) is 45.2 Å². The van der Waals surface area contributed by atoms with Crippen LogP contribution in [-0.2, 0) is 17.7 Å². The van der Waals surface area contributed by atoms with E-state index in [1.807, 2.05) is 19.9 Å². The molecule has 0 bridgehead atoms. The Hall–Kier alpha value is -2.98. The summed E-state index contributed by atoms with van der Waals surface area (Å²) in [4.78, 5) is 32.7. The summed E-state index contributed by atoms with van der Waals surface area (Å²) < 4.78 is 34.4. The number of allylic oxidation sites excluding steroid dienone is 2. The van der Waals surface area contributed by atoms with Gasteiger partial charge in [-0.2, -0.15) is 0 Å². The maximum atomic E-state index is 14.3. The summed E-state index contributed by atoms with van der Waals surface area (Å²) in [6, 6.07) is 3.16. The lowest BCUT2D eigenvalue weighted by Gasteiger charge is -2.37. The third-order valence-electron chi connectivity index (χ3n) is 5.74. The summed E-state index contributed by atoms with van der Waals surface area (Å²) in [7, 11) is 3.06. The fourth-order valence-electron chi connectivity index (χ4n) is 4.11. The Morgan fingerprint density at radius 1 is 1.31 bits per heavy atom. The molecule has 35 heavy (non-hydrogen) atoms. The molecule has 188 valence electrons. The number of nitrogens with zero attached hydrogens (tertiary/aromatic N) is 3. The molecule has 7 nitrogen and oxygen atoms in total. The van der Waals surface area contributed by atoms with Gasteiger partial charge in [0.05, 0.1) is 18.2 Å². The van der Waals surface area contributed by atoms with Gasteiger partial charge in [0.15, 0.2) is 11.4 Å². The number of benzene rings is 1. The van der Waals surface area contributed by atoms with Gasteiger partial charge in [-0.15, -0.1) is 0 Å². The fraction of sp³-hybridized carbons (Fsp3) is 0.400. The van der Waals surface area contributed by atoms with Crippen LogP contribution in [0.25, 0.3) is 0 Å².